The van der Waals surface area contributed by atoms with Crippen LogP contribution in [0.3, 0.4) is 0 Å². The molecule has 0 spiro atoms. The molecule has 0 fully saturated rings. The summed E-state index contributed by atoms with van der Waals surface area (Å²) in [6.45, 7) is 8.59. The fourth-order valence-corrected chi connectivity index (χ4v) is 0.991. The van der Waals surface area contributed by atoms with E-state index in [0.717, 1.165) is 0 Å². The lowest BCUT2D eigenvalue weighted by Gasteiger charge is -2.09. The highest BCUT2D eigenvalue weighted by molar-refractivity contribution is 6.28. The van der Waals surface area contributed by atoms with E-state index >= 15 is 0 Å². The van der Waals surface area contributed by atoms with Gasteiger partial charge in [0.15, 0.2) is 0 Å². The van der Waals surface area contributed by atoms with Crippen molar-refractivity contribution in [1.82, 2.24) is 9.96 Å². The Morgan fingerprint density at radius 3 is 1.44 bits per heavy atom. The highest BCUT2D eigenvalue weighted by Crippen LogP contribution is 1.73. The summed E-state index contributed by atoms with van der Waals surface area (Å²) in [6, 6.07) is 1.18. The number of rotatable bonds is 4. The molecule has 0 atom stereocenters. The van der Waals surface area contributed by atoms with Gasteiger partial charge in [-0.3, -0.25) is 0 Å². The van der Waals surface area contributed by atoms with Crippen LogP contribution in [-0.4, -0.2) is 21.9 Å². The first-order valence-electron chi connectivity index (χ1n) is 3.39. The summed E-state index contributed by atoms with van der Waals surface area (Å²) in [4.78, 5) is 6.59. The van der Waals surface area contributed by atoms with Crippen LogP contribution in [0.25, 0.3) is 0 Å². The molecular weight excluding hydrogens is 128 g/mol. The quantitative estimate of drug-likeness (QED) is 0.562. The van der Waals surface area contributed by atoms with Gasteiger partial charge >= 0.3 is 0 Å². The summed E-state index contributed by atoms with van der Waals surface area (Å²) in [5.74, 6) is 0. The minimum Gasteiger partial charge on any atom is -0.324 e. The van der Waals surface area contributed by atoms with Gasteiger partial charge in [-0.25, -0.2) is 0 Å². The molecule has 0 aromatic heterocycles. The van der Waals surface area contributed by atoms with E-state index in [1.165, 1.54) is 0 Å². The molecule has 0 unspecified atom stereocenters. The zero-order chi connectivity index (χ0) is 7.28. The SMILES string of the molecule is CC(C)N[Si]NC(C)C. The molecule has 9 heavy (non-hydrogen) atoms. The Bertz CT molecular complexity index is 56.1. The lowest BCUT2D eigenvalue weighted by Crippen LogP contribution is -2.40. The van der Waals surface area contributed by atoms with Gasteiger partial charge in [0.05, 0.1) is 0 Å². The minimum atomic E-state index is 0.592. The molecule has 2 nitrogen and oxygen atoms in total. The summed E-state index contributed by atoms with van der Waals surface area (Å²) in [6.07, 6.45) is 0. The second-order valence-corrected chi connectivity index (χ2v) is 3.55. The van der Waals surface area contributed by atoms with Crippen LogP contribution in [0.2, 0.25) is 0 Å². The lowest BCUT2D eigenvalue weighted by molar-refractivity contribution is 0.699. The maximum atomic E-state index is 3.29. The summed E-state index contributed by atoms with van der Waals surface area (Å²) < 4.78 is 0. The van der Waals surface area contributed by atoms with E-state index < -0.39 is 0 Å². The first-order chi connectivity index (χ1) is 4.13. The normalized spacial score (nSPS) is 11.3. The molecule has 2 radical (unpaired) electrons. The first-order valence-corrected chi connectivity index (χ1v) is 4.39. The lowest BCUT2D eigenvalue weighted by atomic mass is 10.4. The average molecular weight is 144 g/mol. The van der Waals surface area contributed by atoms with Gasteiger partial charge in [-0.1, -0.05) is 27.7 Å². The van der Waals surface area contributed by atoms with Crippen molar-refractivity contribution in [1.29, 1.82) is 0 Å². The van der Waals surface area contributed by atoms with Crippen molar-refractivity contribution in [2.24, 2.45) is 0 Å². The predicted octanol–water partition coefficient (Wildman–Crippen LogP) is 0.517. The van der Waals surface area contributed by atoms with Gasteiger partial charge in [0.25, 0.3) is 0 Å². The largest absolute Gasteiger partial charge is 0.324 e. The fraction of sp³-hybridized carbons (Fsp3) is 1.00. The van der Waals surface area contributed by atoms with Crippen molar-refractivity contribution >= 4 is 9.84 Å². The van der Waals surface area contributed by atoms with Gasteiger partial charge in [-0.05, 0) is 12.1 Å². The van der Waals surface area contributed by atoms with Gasteiger partial charge in [0.2, 0.25) is 9.84 Å². The van der Waals surface area contributed by atoms with Crippen LogP contribution in [0, 0.1) is 0 Å². The third kappa shape index (κ3) is 8.14. The van der Waals surface area contributed by atoms with Crippen LogP contribution < -0.4 is 9.96 Å². The van der Waals surface area contributed by atoms with Crippen LogP contribution in [-0.2, 0) is 0 Å². The number of hydrogen-bond donors (Lipinski definition) is 2. The van der Waals surface area contributed by atoms with E-state index in [1.54, 1.807) is 0 Å². The van der Waals surface area contributed by atoms with E-state index in [-0.39, 0.29) is 0 Å². The Labute approximate surface area is 60.4 Å². The number of nitrogens with one attached hydrogen (secondary N) is 2. The Morgan fingerprint density at radius 1 is 0.889 bits per heavy atom. The van der Waals surface area contributed by atoms with Gasteiger partial charge in [-0.15, -0.1) is 0 Å². The third-order valence-corrected chi connectivity index (χ3v) is 2.17. The zero-order valence-corrected chi connectivity index (χ0v) is 7.65. The molecule has 0 saturated heterocycles. The Balaban J connectivity index is 2.91. The summed E-state index contributed by atoms with van der Waals surface area (Å²) in [5, 5.41) is 0. The molecule has 54 valence electrons. The molecule has 0 heterocycles. The first kappa shape index (κ1) is 9.14. The topological polar surface area (TPSA) is 24.1 Å². The Morgan fingerprint density at radius 2 is 1.22 bits per heavy atom. The highest BCUT2D eigenvalue weighted by Gasteiger charge is 1.94. The molecule has 0 rings (SSSR count). The van der Waals surface area contributed by atoms with E-state index in [2.05, 4.69) is 37.7 Å². The van der Waals surface area contributed by atoms with E-state index in [9.17, 15) is 0 Å². The monoisotopic (exact) mass is 144 g/mol. The van der Waals surface area contributed by atoms with Crippen molar-refractivity contribution in [2.75, 3.05) is 0 Å². The summed E-state index contributed by atoms with van der Waals surface area (Å²) in [5.41, 5.74) is 0. The standard InChI is InChI=1S/C6H16N2Si/c1-5(2)7-9-8-6(3)4/h5-8H,1-4H3. The maximum Gasteiger partial charge on any atom is 0.245 e. The molecule has 0 aliphatic rings. The van der Waals surface area contributed by atoms with Crippen molar-refractivity contribution in [3.8, 4) is 0 Å². The maximum absolute atomic E-state index is 3.29. The van der Waals surface area contributed by atoms with Crippen molar-refractivity contribution < 1.29 is 0 Å². The minimum absolute atomic E-state index is 0.592. The molecule has 0 aliphatic heterocycles. The highest BCUT2D eigenvalue weighted by atomic mass is 28.2. The van der Waals surface area contributed by atoms with E-state index in [0.29, 0.717) is 21.9 Å². The average Bonchev–Trinajstić information content (AvgIpc) is 1.63. The van der Waals surface area contributed by atoms with Crippen LogP contribution in [0.1, 0.15) is 27.7 Å². The van der Waals surface area contributed by atoms with Crippen LogP contribution in [0.4, 0.5) is 0 Å². The molecule has 0 saturated carbocycles. The van der Waals surface area contributed by atoms with Crippen molar-refractivity contribution in [3.05, 3.63) is 0 Å². The van der Waals surface area contributed by atoms with Crippen LogP contribution >= 0.6 is 0 Å². The Hall–Kier alpha value is 0.137. The fourth-order valence-electron chi connectivity index (χ4n) is 0.330. The van der Waals surface area contributed by atoms with E-state index in [1.807, 2.05) is 0 Å². The molecule has 0 aromatic carbocycles. The molecular formula is C6H16N2Si. The summed E-state index contributed by atoms with van der Waals surface area (Å²) >= 11 is 0. The molecule has 2 N–H and O–H groups in total. The van der Waals surface area contributed by atoms with Gasteiger partial charge in [-0.2, -0.15) is 0 Å². The van der Waals surface area contributed by atoms with Crippen LogP contribution in [0.5, 0.6) is 0 Å². The second kappa shape index (κ2) is 4.96. The van der Waals surface area contributed by atoms with Crippen molar-refractivity contribution in [2.45, 2.75) is 39.8 Å². The predicted molar refractivity (Wildman–Crippen MR) is 42.3 cm³/mol. The van der Waals surface area contributed by atoms with E-state index in [4.69, 9.17) is 0 Å². The van der Waals surface area contributed by atoms with Crippen LogP contribution in [0.15, 0.2) is 0 Å². The molecule has 0 aliphatic carbocycles. The molecule has 0 amide bonds. The Kier molecular flexibility index (Phi) is 5.04. The zero-order valence-electron chi connectivity index (χ0n) is 6.65. The van der Waals surface area contributed by atoms with Gasteiger partial charge < -0.3 is 9.96 Å². The molecule has 3 heteroatoms. The smallest absolute Gasteiger partial charge is 0.245 e. The second-order valence-electron chi connectivity index (χ2n) is 2.72. The van der Waals surface area contributed by atoms with Gasteiger partial charge in [0.1, 0.15) is 0 Å². The third-order valence-electron chi connectivity index (χ3n) is 0.722. The number of hydrogen-bond acceptors (Lipinski definition) is 2. The van der Waals surface area contributed by atoms with Crippen molar-refractivity contribution in [3.63, 3.8) is 0 Å². The summed E-state index contributed by atoms with van der Waals surface area (Å²) in [7, 11) is 0.693. The molecule has 0 bridgehead atoms. The van der Waals surface area contributed by atoms with Gasteiger partial charge in [0, 0.05) is 0 Å². The molecule has 0 aromatic rings.